The van der Waals surface area contributed by atoms with E-state index in [4.69, 9.17) is 23.2 Å². The van der Waals surface area contributed by atoms with Crippen molar-refractivity contribution in [3.63, 3.8) is 0 Å². The molecule has 1 aromatic rings. The number of ether oxygens (including phenoxy) is 1. The summed E-state index contributed by atoms with van der Waals surface area (Å²) in [7, 11) is 0. The van der Waals surface area contributed by atoms with E-state index in [-0.39, 0.29) is 12.2 Å². The van der Waals surface area contributed by atoms with Crippen molar-refractivity contribution in [1.82, 2.24) is 4.98 Å². The average molecular weight is 280 g/mol. The molecule has 0 aliphatic carbocycles. The van der Waals surface area contributed by atoms with E-state index in [1.54, 1.807) is 6.92 Å². The number of pyridine rings is 1. The van der Waals surface area contributed by atoms with Crippen molar-refractivity contribution >= 4 is 35.0 Å². The molecule has 4 nitrogen and oxygen atoms in total. The van der Waals surface area contributed by atoms with Gasteiger partial charge in [-0.2, -0.15) is 0 Å². The molecule has 1 heterocycles. The highest BCUT2D eigenvalue weighted by Crippen LogP contribution is 2.25. The second-order valence-corrected chi connectivity index (χ2v) is 3.73. The minimum atomic E-state index is -0.983. The Morgan fingerprint density at radius 3 is 2.71 bits per heavy atom. The molecule has 1 aromatic heterocycles. The third-order valence-electron chi connectivity index (χ3n) is 1.83. The van der Waals surface area contributed by atoms with Gasteiger partial charge in [0.2, 0.25) is 0 Å². The zero-order valence-electron chi connectivity index (χ0n) is 8.80. The van der Waals surface area contributed by atoms with Crippen molar-refractivity contribution in [2.24, 2.45) is 0 Å². The van der Waals surface area contributed by atoms with E-state index in [2.05, 4.69) is 9.72 Å². The maximum Gasteiger partial charge on any atom is 0.313 e. The molecular formula is C10H8Cl2FNO3. The van der Waals surface area contributed by atoms with Gasteiger partial charge in [-0.05, 0) is 6.92 Å². The molecule has 0 saturated carbocycles. The molecule has 0 N–H and O–H groups in total. The van der Waals surface area contributed by atoms with E-state index in [0.29, 0.717) is 0 Å². The van der Waals surface area contributed by atoms with Gasteiger partial charge in [0.25, 0.3) is 0 Å². The number of Topliss-reactive ketones (excluding diaryl/α,β-unsaturated/α-hetero) is 1. The number of aromatic nitrogens is 1. The third kappa shape index (κ3) is 3.38. The SMILES string of the molecule is CCOC(=O)CC(=O)c1cnc(Cl)c(F)c1Cl. The number of nitrogens with zero attached hydrogens (tertiary/aromatic N) is 1. The summed E-state index contributed by atoms with van der Waals surface area (Å²) < 4.78 is 17.8. The minimum Gasteiger partial charge on any atom is -0.466 e. The molecule has 0 aromatic carbocycles. The zero-order chi connectivity index (χ0) is 13.0. The van der Waals surface area contributed by atoms with Crippen molar-refractivity contribution in [3.05, 3.63) is 27.8 Å². The summed E-state index contributed by atoms with van der Waals surface area (Å²) in [6.45, 7) is 1.77. The zero-order valence-corrected chi connectivity index (χ0v) is 10.3. The lowest BCUT2D eigenvalue weighted by Crippen LogP contribution is -2.12. The van der Waals surface area contributed by atoms with Gasteiger partial charge in [-0.1, -0.05) is 23.2 Å². The van der Waals surface area contributed by atoms with Crippen LogP contribution in [0.15, 0.2) is 6.20 Å². The summed E-state index contributed by atoms with van der Waals surface area (Å²) in [5.41, 5.74) is -0.193. The Bertz CT molecular complexity index is 465. The predicted molar refractivity (Wildman–Crippen MR) is 59.8 cm³/mol. The number of carbonyl (C=O) groups excluding carboxylic acids is 2. The molecule has 17 heavy (non-hydrogen) atoms. The molecule has 1 rings (SSSR count). The molecule has 0 unspecified atom stereocenters. The predicted octanol–water partition coefficient (Wildman–Crippen LogP) is 2.66. The monoisotopic (exact) mass is 279 g/mol. The molecule has 0 aliphatic rings. The van der Waals surface area contributed by atoms with Crippen LogP contribution in [0.5, 0.6) is 0 Å². The van der Waals surface area contributed by atoms with Gasteiger partial charge >= 0.3 is 5.97 Å². The van der Waals surface area contributed by atoms with Crippen LogP contribution in [-0.2, 0) is 9.53 Å². The summed E-state index contributed by atoms with van der Waals surface area (Å²) in [5.74, 6) is -2.36. The first-order valence-electron chi connectivity index (χ1n) is 4.65. The lowest BCUT2D eigenvalue weighted by Gasteiger charge is -2.04. The van der Waals surface area contributed by atoms with E-state index in [0.717, 1.165) is 6.20 Å². The van der Waals surface area contributed by atoms with Crippen LogP contribution >= 0.6 is 23.2 Å². The van der Waals surface area contributed by atoms with E-state index < -0.39 is 34.2 Å². The number of halogens is 3. The van der Waals surface area contributed by atoms with Crippen LogP contribution in [0.2, 0.25) is 10.2 Å². The Balaban J connectivity index is 2.90. The Morgan fingerprint density at radius 1 is 1.47 bits per heavy atom. The van der Waals surface area contributed by atoms with Gasteiger partial charge in [0.1, 0.15) is 6.42 Å². The molecule has 0 atom stereocenters. The standard InChI is InChI=1S/C10H8Cl2FNO3/c1-2-17-7(16)3-6(15)5-4-14-10(12)9(13)8(5)11/h4H,2-3H2,1H3. The third-order valence-corrected chi connectivity index (χ3v) is 2.46. The van der Waals surface area contributed by atoms with Crippen LogP contribution < -0.4 is 0 Å². The van der Waals surface area contributed by atoms with E-state index in [1.165, 1.54) is 0 Å². The van der Waals surface area contributed by atoms with Crippen LogP contribution in [0.3, 0.4) is 0 Å². The fourth-order valence-electron chi connectivity index (χ4n) is 1.08. The number of carbonyl (C=O) groups is 2. The van der Waals surface area contributed by atoms with Crippen molar-refractivity contribution in [2.75, 3.05) is 6.61 Å². The van der Waals surface area contributed by atoms with Crippen molar-refractivity contribution in [3.8, 4) is 0 Å². The van der Waals surface area contributed by atoms with Crippen LogP contribution in [0.25, 0.3) is 0 Å². The van der Waals surface area contributed by atoms with Crippen molar-refractivity contribution in [1.29, 1.82) is 0 Å². The highest BCUT2D eigenvalue weighted by Gasteiger charge is 2.20. The highest BCUT2D eigenvalue weighted by atomic mass is 35.5. The molecule has 0 aliphatic heterocycles. The van der Waals surface area contributed by atoms with Crippen LogP contribution in [0.4, 0.5) is 4.39 Å². The average Bonchev–Trinajstić information content (AvgIpc) is 2.26. The Morgan fingerprint density at radius 2 is 2.12 bits per heavy atom. The smallest absolute Gasteiger partial charge is 0.313 e. The molecular weight excluding hydrogens is 272 g/mol. The van der Waals surface area contributed by atoms with Gasteiger partial charge in [0.05, 0.1) is 17.2 Å². The summed E-state index contributed by atoms with van der Waals surface area (Å²) in [5, 5.41) is -0.873. The van der Waals surface area contributed by atoms with Gasteiger partial charge in [0, 0.05) is 6.20 Å². The topological polar surface area (TPSA) is 56.3 Å². The second-order valence-electron chi connectivity index (χ2n) is 3.00. The number of hydrogen-bond acceptors (Lipinski definition) is 4. The molecule has 0 saturated heterocycles. The van der Waals surface area contributed by atoms with Crippen molar-refractivity contribution < 1.29 is 18.7 Å². The van der Waals surface area contributed by atoms with Crippen LogP contribution in [0.1, 0.15) is 23.7 Å². The Labute approximate surface area is 107 Å². The van der Waals surface area contributed by atoms with Crippen LogP contribution in [0, 0.1) is 5.82 Å². The first-order valence-corrected chi connectivity index (χ1v) is 5.41. The number of rotatable bonds is 4. The van der Waals surface area contributed by atoms with Crippen molar-refractivity contribution in [2.45, 2.75) is 13.3 Å². The molecule has 0 spiro atoms. The summed E-state index contributed by atoms with van der Waals surface area (Å²) in [6, 6.07) is 0. The van der Waals surface area contributed by atoms with Gasteiger partial charge in [-0.25, -0.2) is 9.37 Å². The normalized spacial score (nSPS) is 10.1. The summed E-state index contributed by atoms with van der Waals surface area (Å²) >= 11 is 11.0. The molecule has 0 amide bonds. The van der Waals surface area contributed by atoms with Gasteiger partial charge in [-0.3, -0.25) is 9.59 Å². The molecule has 92 valence electrons. The lowest BCUT2D eigenvalue weighted by atomic mass is 10.1. The number of esters is 1. The fraction of sp³-hybridized carbons (Fsp3) is 0.300. The van der Waals surface area contributed by atoms with Gasteiger partial charge in [0.15, 0.2) is 16.8 Å². The number of ketones is 1. The Kier molecular flexibility index (Phi) is 4.84. The van der Waals surface area contributed by atoms with E-state index >= 15 is 0 Å². The highest BCUT2D eigenvalue weighted by molar-refractivity contribution is 6.36. The maximum absolute atomic E-state index is 13.2. The Hall–Kier alpha value is -1.20. The first-order chi connectivity index (χ1) is 7.97. The molecule has 0 bridgehead atoms. The molecule has 7 heteroatoms. The molecule has 0 radical (unpaired) electrons. The summed E-state index contributed by atoms with van der Waals surface area (Å²) in [6.07, 6.45) is 0.506. The van der Waals surface area contributed by atoms with E-state index in [9.17, 15) is 14.0 Å². The fourth-order valence-corrected chi connectivity index (χ4v) is 1.51. The first kappa shape index (κ1) is 13.9. The minimum absolute atomic E-state index is 0.160. The maximum atomic E-state index is 13.2. The quantitative estimate of drug-likeness (QED) is 0.368. The second kappa shape index (κ2) is 5.93. The largest absolute Gasteiger partial charge is 0.466 e. The van der Waals surface area contributed by atoms with E-state index in [1.807, 2.05) is 0 Å². The summed E-state index contributed by atoms with van der Waals surface area (Å²) in [4.78, 5) is 26.1. The van der Waals surface area contributed by atoms with Crippen LogP contribution in [-0.4, -0.2) is 23.3 Å². The number of hydrogen-bond donors (Lipinski definition) is 0. The molecule has 0 fully saturated rings. The van der Waals surface area contributed by atoms with Gasteiger partial charge in [-0.15, -0.1) is 0 Å². The van der Waals surface area contributed by atoms with Gasteiger partial charge < -0.3 is 4.74 Å². The lowest BCUT2D eigenvalue weighted by molar-refractivity contribution is -0.141.